The lowest BCUT2D eigenvalue weighted by Gasteiger charge is -2.18. The van der Waals surface area contributed by atoms with Gasteiger partial charge in [-0.05, 0) is 24.0 Å². The number of carbonyl (C=O) groups is 1. The fourth-order valence-electron chi connectivity index (χ4n) is 2.42. The standard InChI is InChI=1S/C13H16F2N2O/c1-8-6-13(8,7-17-12(18)16-2)10-4-3-9(14)5-11(10)15/h3-5,8H,6-7H2,1-2H3,(H2,16,17,18). The first-order chi connectivity index (χ1) is 8.49. The topological polar surface area (TPSA) is 41.1 Å². The van der Waals surface area contributed by atoms with Crippen LogP contribution in [0.15, 0.2) is 18.2 Å². The number of urea groups is 1. The van der Waals surface area contributed by atoms with Crippen LogP contribution < -0.4 is 10.6 Å². The number of hydrogen-bond donors (Lipinski definition) is 2. The number of halogens is 2. The molecule has 2 unspecified atom stereocenters. The highest BCUT2D eigenvalue weighted by molar-refractivity contribution is 5.73. The summed E-state index contributed by atoms with van der Waals surface area (Å²) in [6, 6.07) is 3.32. The number of benzene rings is 1. The molecule has 1 aromatic carbocycles. The van der Waals surface area contributed by atoms with E-state index in [0.717, 1.165) is 12.5 Å². The van der Waals surface area contributed by atoms with Crippen LogP contribution in [0.4, 0.5) is 13.6 Å². The molecule has 1 saturated carbocycles. The Morgan fingerprint density at radius 3 is 2.67 bits per heavy atom. The van der Waals surface area contributed by atoms with E-state index in [9.17, 15) is 13.6 Å². The Balaban J connectivity index is 2.20. The maximum absolute atomic E-state index is 13.8. The molecule has 0 spiro atoms. The van der Waals surface area contributed by atoms with Crippen molar-refractivity contribution in [1.82, 2.24) is 10.6 Å². The van der Waals surface area contributed by atoms with Crippen molar-refractivity contribution in [2.75, 3.05) is 13.6 Å². The molecule has 0 aliphatic heterocycles. The van der Waals surface area contributed by atoms with Crippen molar-refractivity contribution < 1.29 is 13.6 Å². The monoisotopic (exact) mass is 254 g/mol. The lowest BCUT2D eigenvalue weighted by molar-refractivity contribution is 0.241. The van der Waals surface area contributed by atoms with E-state index in [1.165, 1.54) is 19.2 Å². The van der Waals surface area contributed by atoms with E-state index in [1.807, 2.05) is 6.92 Å². The summed E-state index contributed by atoms with van der Waals surface area (Å²) < 4.78 is 26.7. The number of carbonyl (C=O) groups excluding carboxylic acids is 1. The van der Waals surface area contributed by atoms with Crippen molar-refractivity contribution in [3.05, 3.63) is 35.4 Å². The van der Waals surface area contributed by atoms with Gasteiger partial charge in [0.1, 0.15) is 11.6 Å². The minimum atomic E-state index is -0.584. The van der Waals surface area contributed by atoms with Gasteiger partial charge in [-0.25, -0.2) is 13.6 Å². The van der Waals surface area contributed by atoms with Crippen molar-refractivity contribution in [2.45, 2.75) is 18.8 Å². The first-order valence-corrected chi connectivity index (χ1v) is 5.91. The van der Waals surface area contributed by atoms with Crippen LogP contribution in [-0.2, 0) is 5.41 Å². The zero-order valence-corrected chi connectivity index (χ0v) is 10.4. The zero-order valence-electron chi connectivity index (χ0n) is 10.4. The normalized spacial score (nSPS) is 25.7. The molecule has 0 bridgehead atoms. The van der Waals surface area contributed by atoms with Gasteiger partial charge in [0.05, 0.1) is 0 Å². The number of rotatable bonds is 3. The summed E-state index contributed by atoms with van der Waals surface area (Å²) >= 11 is 0. The second-order valence-electron chi connectivity index (χ2n) is 4.82. The SMILES string of the molecule is CNC(=O)NCC1(c2ccc(F)cc2F)CC1C. The fourth-order valence-corrected chi connectivity index (χ4v) is 2.42. The van der Waals surface area contributed by atoms with Crippen molar-refractivity contribution in [1.29, 1.82) is 0 Å². The third-order valence-corrected chi connectivity index (χ3v) is 3.71. The van der Waals surface area contributed by atoms with Crippen molar-refractivity contribution in [3.8, 4) is 0 Å². The summed E-state index contributed by atoms with van der Waals surface area (Å²) in [5, 5.41) is 5.15. The maximum atomic E-state index is 13.8. The molecule has 1 aliphatic carbocycles. The molecule has 2 atom stereocenters. The van der Waals surface area contributed by atoms with Gasteiger partial charge in [-0.3, -0.25) is 0 Å². The van der Waals surface area contributed by atoms with Gasteiger partial charge in [0, 0.05) is 25.1 Å². The molecular weight excluding hydrogens is 238 g/mol. The third-order valence-electron chi connectivity index (χ3n) is 3.71. The molecule has 1 aliphatic rings. The van der Waals surface area contributed by atoms with Gasteiger partial charge in [0.25, 0.3) is 0 Å². The molecule has 1 fully saturated rings. The van der Waals surface area contributed by atoms with Gasteiger partial charge >= 0.3 is 6.03 Å². The lowest BCUT2D eigenvalue weighted by atomic mass is 9.93. The maximum Gasteiger partial charge on any atom is 0.314 e. The molecule has 3 nitrogen and oxygen atoms in total. The molecule has 18 heavy (non-hydrogen) atoms. The van der Waals surface area contributed by atoms with E-state index in [4.69, 9.17) is 0 Å². The van der Waals surface area contributed by atoms with Crippen LogP contribution >= 0.6 is 0 Å². The van der Waals surface area contributed by atoms with Crippen LogP contribution in [0, 0.1) is 17.6 Å². The zero-order chi connectivity index (χ0) is 13.3. The van der Waals surface area contributed by atoms with E-state index in [2.05, 4.69) is 10.6 Å². The Morgan fingerprint density at radius 1 is 1.50 bits per heavy atom. The molecule has 2 amide bonds. The third kappa shape index (κ3) is 2.17. The summed E-state index contributed by atoms with van der Waals surface area (Å²) in [4.78, 5) is 11.2. The molecule has 0 radical (unpaired) electrons. The molecule has 5 heteroatoms. The van der Waals surface area contributed by atoms with E-state index in [-0.39, 0.29) is 11.9 Å². The Kier molecular flexibility index (Phi) is 3.24. The van der Waals surface area contributed by atoms with Crippen LogP contribution in [0.1, 0.15) is 18.9 Å². The lowest BCUT2D eigenvalue weighted by Crippen LogP contribution is -2.38. The molecule has 2 N–H and O–H groups in total. The molecule has 1 aromatic rings. The van der Waals surface area contributed by atoms with E-state index in [0.29, 0.717) is 12.1 Å². The highest BCUT2D eigenvalue weighted by Gasteiger charge is 2.53. The van der Waals surface area contributed by atoms with Crippen LogP contribution in [0.5, 0.6) is 0 Å². The van der Waals surface area contributed by atoms with Crippen LogP contribution in [0.2, 0.25) is 0 Å². The van der Waals surface area contributed by atoms with Gasteiger partial charge in [-0.1, -0.05) is 13.0 Å². The molecular formula is C13H16F2N2O. The Morgan fingerprint density at radius 2 is 2.17 bits per heavy atom. The predicted octanol–water partition coefficient (Wildman–Crippen LogP) is 2.17. The van der Waals surface area contributed by atoms with E-state index >= 15 is 0 Å². The quantitative estimate of drug-likeness (QED) is 0.852. The average Bonchev–Trinajstić information content (AvgIpc) is 2.98. The Labute approximate surface area is 105 Å². The highest BCUT2D eigenvalue weighted by Crippen LogP contribution is 2.54. The van der Waals surface area contributed by atoms with Gasteiger partial charge in [-0.15, -0.1) is 0 Å². The largest absolute Gasteiger partial charge is 0.341 e. The number of amides is 2. The molecule has 0 aromatic heterocycles. The minimum Gasteiger partial charge on any atom is -0.341 e. The Hall–Kier alpha value is -1.65. The van der Waals surface area contributed by atoms with Gasteiger partial charge in [0.2, 0.25) is 0 Å². The predicted molar refractivity (Wildman–Crippen MR) is 64.3 cm³/mol. The Bertz CT molecular complexity index is 478. The van der Waals surface area contributed by atoms with E-state index in [1.54, 1.807) is 0 Å². The summed E-state index contributed by atoms with van der Waals surface area (Å²) in [7, 11) is 1.52. The minimum absolute atomic E-state index is 0.273. The van der Waals surface area contributed by atoms with Crippen LogP contribution in [0.3, 0.4) is 0 Å². The second-order valence-corrected chi connectivity index (χ2v) is 4.82. The van der Waals surface area contributed by atoms with Crippen molar-refractivity contribution in [3.63, 3.8) is 0 Å². The second kappa shape index (κ2) is 4.55. The van der Waals surface area contributed by atoms with Gasteiger partial charge in [0.15, 0.2) is 0 Å². The van der Waals surface area contributed by atoms with Crippen molar-refractivity contribution >= 4 is 6.03 Å². The summed E-state index contributed by atoms with van der Waals surface area (Å²) in [5.41, 5.74) is 0.0809. The van der Waals surface area contributed by atoms with Crippen molar-refractivity contribution in [2.24, 2.45) is 5.92 Å². The summed E-state index contributed by atoms with van der Waals surface area (Å²) in [6.07, 6.45) is 0.791. The highest BCUT2D eigenvalue weighted by atomic mass is 19.1. The van der Waals surface area contributed by atoms with Crippen LogP contribution in [0.25, 0.3) is 0 Å². The molecule has 2 rings (SSSR count). The summed E-state index contributed by atoms with van der Waals surface area (Å²) in [5.74, 6) is -0.855. The molecule has 0 saturated heterocycles. The average molecular weight is 254 g/mol. The van der Waals surface area contributed by atoms with Gasteiger partial charge in [-0.2, -0.15) is 0 Å². The summed E-state index contributed by atoms with van der Waals surface area (Å²) in [6.45, 7) is 2.35. The molecule has 0 heterocycles. The smallest absolute Gasteiger partial charge is 0.314 e. The number of nitrogens with one attached hydrogen (secondary N) is 2. The van der Waals surface area contributed by atoms with Gasteiger partial charge < -0.3 is 10.6 Å². The number of hydrogen-bond acceptors (Lipinski definition) is 1. The first kappa shape index (κ1) is 12.8. The first-order valence-electron chi connectivity index (χ1n) is 5.91. The van der Waals surface area contributed by atoms with E-state index < -0.39 is 17.0 Å². The fraction of sp³-hybridized carbons (Fsp3) is 0.462. The van der Waals surface area contributed by atoms with Crippen LogP contribution in [-0.4, -0.2) is 19.6 Å². The molecule has 98 valence electrons.